The SMILES string of the molecule is CNCCCOc1ccc(Br)cc1.O=C(O)C(=O)O. The van der Waals surface area contributed by atoms with E-state index in [0.29, 0.717) is 0 Å². The van der Waals surface area contributed by atoms with E-state index in [4.69, 9.17) is 24.5 Å². The summed E-state index contributed by atoms with van der Waals surface area (Å²) in [5.74, 6) is -2.72. The van der Waals surface area contributed by atoms with E-state index in [1.165, 1.54) is 0 Å². The van der Waals surface area contributed by atoms with Gasteiger partial charge in [0.25, 0.3) is 0 Å². The van der Waals surface area contributed by atoms with Crippen LogP contribution >= 0.6 is 15.9 Å². The predicted octanol–water partition coefficient (Wildman–Crippen LogP) is 1.59. The number of halogens is 1. The molecule has 0 amide bonds. The lowest BCUT2D eigenvalue weighted by atomic mass is 10.3. The van der Waals surface area contributed by atoms with Gasteiger partial charge in [0, 0.05) is 4.47 Å². The third kappa shape index (κ3) is 10.0. The minimum Gasteiger partial charge on any atom is -0.494 e. The Balaban J connectivity index is 0.000000459. The van der Waals surface area contributed by atoms with Crippen LogP contribution in [0.2, 0.25) is 0 Å². The molecule has 0 radical (unpaired) electrons. The van der Waals surface area contributed by atoms with Gasteiger partial charge in [-0.1, -0.05) is 15.9 Å². The van der Waals surface area contributed by atoms with E-state index in [1.54, 1.807) is 0 Å². The van der Waals surface area contributed by atoms with Crippen LogP contribution in [0.25, 0.3) is 0 Å². The van der Waals surface area contributed by atoms with Gasteiger partial charge in [-0.15, -0.1) is 0 Å². The van der Waals surface area contributed by atoms with Crippen LogP contribution in [0, 0.1) is 0 Å². The Morgan fingerprint density at radius 1 is 1.21 bits per heavy atom. The smallest absolute Gasteiger partial charge is 0.414 e. The minimum absolute atomic E-state index is 0.766. The van der Waals surface area contributed by atoms with Gasteiger partial charge < -0.3 is 20.3 Å². The average Bonchev–Trinajstić information content (AvgIpc) is 2.37. The molecular weight excluding hydrogens is 318 g/mol. The second-order valence-electron chi connectivity index (χ2n) is 3.37. The first-order chi connectivity index (χ1) is 8.97. The second-order valence-corrected chi connectivity index (χ2v) is 4.29. The summed E-state index contributed by atoms with van der Waals surface area (Å²) in [6.07, 6.45) is 1.03. The first kappa shape index (κ1) is 17.4. The molecule has 0 unspecified atom stereocenters. The molecule has 0 atom stereocenters. The summed E-state index contributed by atoms with van der Waals surface area (Å²) in [6, 6.07) is 7.88. The lowest BCUT2D eigenvalue weighted by molar-refractivity contribution is -0.159. The van der Waals surface area contributed by atoms with E-state index < -0.39 is 11.9 Å². The summed E-state index contributed by atoms with van der Waals surface area (Å²) in [5, 5.41) is 17.9. The van der Waals surface area contributed by atoms with Crippen molar-refractivity contribution in [1.29, 1.82) is 0 Å². The Morgan fingerprint density at radius 3 is 2.16 bits per heavy atom. The highest BCUT2D eigenvalue weighted by Crippen LogP contribution is 2.15. The third-order valence-electron chi connectivity index (χ3n) is 1.84. The topological polar surface area (TPSA) is 95.9 Å². The fourth-order valence-electron chi connectivity index (χ4n) is 0.970. The number of carboxylic acid groups (broad SMARTS) is 2. The van der Waals surface area contributed by atoms with Crippen LogP contribution in [0.4, 0.5) is 0 Å². The molecule has 0 saturated carbocycles. The second kappa shape index (κ2) is 10.3. The standard InChI is InChI=1S/C10H14BrNO.C2H2O4/c1-12-7-2-8-13-10-5-3-9(11)4-6-10;3-1(4)2(5)6/h3-6,12H,2,7-8H2,1H3;(H,3,4)(H,5,6). The number of hydrogen-bond acceptors (Lipinski definition) is 4. The molecule has 1 aromatic rings. The van der Waals surface area contributed by atoms with Gasteiger partial charge >= 0.3 is 11.9 Å². The number of aliphatic carboxylic acids is 2. The van der Waals surface area contributed by atoms with E-state index in [9.17, 15) is 0 Å². The fraction of sp³-hybridized carbons (Fsp3) is 0.333. The molecular formula is C12H16BrNO5. The van der Waals surface area contributed by atoms with Gasteiger partial charge in [-0.25, -0.2) is 9.59 Å². The molecule has 0 aliphatic rings. The van der Waals surface area contributed by atoms with E-state index in [-0.39, 0.29) is 0 Å². The maximum Gasteiger partial charge on any atom is 0.414 e. The molecule has 0 heterocycles. The molecule has 0 saturated heterocycles. The van der Waals surface area contributed by atoms with Crippen molar-refractivity contribution in [3.05, 3.63) is 28.7 Å². The van der Waals surface area contributed by atoms with E-state index >= 15 is 0 Å². The van der Waals surface area contributed by atoms with Crippen LogP contribution in [-0.4, -0.2) is 42.4 Å². The lowest BCUT2D eigenvalue weighted by Crippen LogP contribution is -2.11. The van der Waals surface area contributed by atoms with Crippen LogP contribution in [0.5, 0.6) is 5.75 Å². The van der Waals surface area contributed by atoms with Gasteiger partial charge in [0.05, 0.1) is 6.61 Å². The molecule has 6 nitrogen and oxygen atoms in total. The summed E-state index contributed by atoms with van der Waals surface area (Å²) in [6.45, 7) is 1.76. The zero-order chi connectivity index (χ0) is 14.7. The summed E-state index contributed by atoms with van der Waals surface area (Å²) in [7, 11) is 1.94. The fourth-order valence-corrected chi connectivity index (χ4v) is 1.23. The van der Waals surface area contributed by atoms with Crippen molar-refractivity contribution in [2.45, 2.75) is 6.42 Å². The summed E-state index contributed by atoms with van der Waals surface area (Å²) in [4.78, 5) is 18.2. The Morgan fingerprint density at radius 2 is 1.74 bits per heavy atom. The van der Waals surface area contributed by atoms with Gasteiger partial charge in [0.15, 0.2) is 0 Å². The Labute approximate surface area is 119 Å². The number of nitrogens with one attached hydrogen (secondary N) is 1. The van der Waals surface area contributed by atoms with Gasteiger partial charge in [-0.2, -0.15) is 0 Å². The number of benzene rings is 1. The molecule has 7 heteroatoms. The summed E-state index contributed by atoms with van der Waals surface area (Å²) in [5.41, 5.74) is 0. The highest BCUT2D eigenvalue weighted by molar-refractivity contribution is 9.10. The van der Waals surface area contributed by atoms with Gasteiger partial charge in [0.1, 0.15) is 5.75 Å². The van der Waals surface area contributed by atoms with Crippen molar-refractivity contribution in [3.8, 4) is 5.75 Å². The monoisotopic (exact) mass is 333 g/mol. The zero-order valence-corrected chi connectivity index (χ0v) is 12.0. The molecule has 0 aromatic heterocycles. The number of ether oxygens (including phenoxy) is 1. The van der Waals surface area contributed by atoms with Gasteiger partial charge in [0.2, 0.25) is 0 Å². The van der Waals surface area contributed by atoms with Crippen molar-refractivity contribution in [2.24, 2.45) is 0 Å². The zero-order valence-electron chi connectivity index (χ0n) is 10.4. The Bertz CT molecular complexity index is 382. The molecule has 1 aromatic carbocycles. The van der Waals surface area contributed by atoms with E-state index in [0.717, 1.165) is 29.8 Å². The molecule has 1 rings (SSSR count). The molecule has 0 bridgehead atoms. The van der Waals surface area contributed by atoms with Crippen molar-refractivity contribution in [1.82, 2.24) is 5.32 Å². The molecule has 0 spiro atoms. The van der Waals surface area contributed by atoms with Crippen LogP contribution < -0.4 is 10.1 Å². The van der Waals surface area contributed by atoms with Crippen LogP contribution in [0.1, 0.15) is 6.42 Å². The highest BCUT2D eigenvalue weighted by Gasteiger charge is 2.04. The van der Waals surface area contributed by atoms with Crippen molar-refractivity contribution >= 4 is 27.9 Å². The molecule has 0 fully saturated rings. The quantitative estimate of drug-likeness (QED) is 0.559. The molecule has 3 N–H and O–H groups in total. The van der Waals surface area contributed by atoms with Crippen molar-refractivity contribution in [2.75, 3.05) is 20.2 Å². The average molecular weight is 334 g/mol. The Kier molecular flexibility index (Phi) is 9.46. The molecule has 106 valence electrons. The Hall–Kier alpha value is -1.60. The summed E-state index contributed by atoms with van der Waals surface area (Å²) >= 11 is 3.37. The lowest BCUT2D eigenvalue weighted by Gasteiger charge is -2.05. The number of hydrogen-bond donors (Lipinski definition) is 3. The minimum atomic E-state index is -1.82. The third-order valence-corrected chi connectivity index (χ3v) is 2.37. The van der Waals surface area contributed by atoms with Gasteiger partial charge in [-0.3, -0.25) is 0 Å². The van der Waals surface area contributed by atoms with Crippen LogP contribution in [0.3, 0.4) is 0 Å². The first-order valence-electron chi connectivity index (χ1n) is 5.46. The maximum atomic E-state index is 9.10. The summed E-state index contributed by atoms with van der Waals surface area (Å²) < 4.78 is 6.58. The first-order valence-corrected chi connectivity index (χ1v) is 6.26. The molecule has 19 heavy (non-hydrogen) atoms. The van der Waals surface area contributed by atoms with Crippen LogP contribution in [0.15, 0.2) is 28.7 Å². The number of carbonyl (C=O) groups is 2. The van der Waals surface area contributed by atoms with E-state index in [1.807, 2.05) is 31.3 Å². The maximum absolute atomic E-state index is 9.10. The predicted molar refractivity (Wildman–Crippen MR) is 73.5 cm³/mol. The van der Waals surface area contributed by atoms with Crippen molar-refractivity contribution < 1.29 is 24.5 Å². The normalized spacial score (nSPS) is 9.16. The van der Waals surface area contributed by atoms with Crippen LogP contribution in [-0.2, 0) is 9.59 Å². The van der Waals surface area contributed by atoms with Gasteiger partial charge in [-0.05, 0) is 44.3 Å². The van der Waals surface area contributed by atoms with E-state index in [2.05, 4.69) is 21.2 Å². The number of rotatable bonds is 5. The largest absolute Gasteiger partial charge is 0.494 e. The molecule has 0 aliphatic carbocycles. The molecule has 0 aliphatic heterocycles. The number of carboxylic acids is 2. The van der Waals surface area contributed by atoms with Crippen molar-refractivity contribution in [3.63, 3.8) is 0 Å². The highest BCUT2D eigenvalue weighted by atomic mass is 79.9.